The molecule has 0 atom stereocenters. The number of piperidine rings is 2. The minimum absolute atomic E-state index is 0.00994. The zero-order chi connectivity index (χ0) is 18.5. The summed E-state index contributed by atoms with van der Waals surface area (Å²) in [6.07, 6.45) is 4.48. The summed E-state index contributed by atoms with van der Waals surface area (Å²) in [6.45, 7) is 2.18. The fourth-order valence-corrected chi connectivity index (χ4v) is 3.70. The summed E-state index contributed by atoms with van der Waals surface area (Å²) in [4.78, 5) is 28.0. The molecule has 0 aromatic heterocycles. The first-order valence-corrected chi connectivity index (χ1v) is 9.60. The van der Waals surface area contributed by atoms with Crippen molar-refractivity contribution < 1.29 is 19.4 Å². The molecule has 0 saturated carbocycles. The minimum Gasteiger partial charge on any atom is -0.489 e. The number of aliphatic hydroxyl groups excluding tert-OH is 1. The molecule has 0 spiro atoms. The maximum Gasteiger partial charge on any atom is 0.257 e. The van der Waals surface area contributed by atoms with Crippen LogP contribution in [0.25, 0.3) is 0 Å². The number of hydrogen-bond donors (Lipinski definition) is 1. The van der Waals surface area contributed by atoms with E-state index in [0.29, 0.717) is 42.3 Å². The third-order valence-electron chi connectivity index (χ3n) is 5.04. The lowest BCUT2D eigenvalue weighted by Crippen LogP contribution is -2.43. The maximum atomic E-state index is 12.9. The second kappa shape index (κ2) is 8.73. The van der Waals surface area contributed by atoms with Gasteiger partial charge in [0, 0.05) is 44.0 Å². The van der Waals surface area contributed by atoms with E-state index in [4.69, 9.17) is 21.4 Å². The molecule has 142 valence electrons. The zero-order valence-corrected chi connectivity index (χ0v) is 15.6. The number of carbonyl (C=O) groups excluding carboxylic acids is 2. The van der Waals surface area contributed by atoms with Crippen LogP contribution in [0.15, 0.2) is 18.2 Å². The van der Waals surface area contributed by atoms with E-state index in [1.165, 1.54) is 6.42 Å². The average molecular weight is 381 g/mol. The Morgan fingerprint density at radius 3 is 2.42 bits per heavy atom. The van der Waals surface area contributed by atoms with Gasteiger partial charge < -0.3 is 19.6 Å². The Kier molecular flexibility index (Phi) is 6.38. The van der Waals surface area contributed by atoms with E-state index in [9.17, 15) is 9.59 Å². The topological polar surface area (TPSA) is 70.1 Å². The van der Waals surface area contributed by atoms with Crippen LogP contribution in [0.5, 0.6) is 5.75 Å². The van der Waals surface area contributed by atoms with Crippen molar-refractivity contribution >= 4 is 23.4 Å². The van der Waals surface area contributed by atoms with Gasteiger partial charge in [0.1, 0.15) is 18.5 Å². The van der Waals surface area contributed by atoms with E-state index in [1.54, 1.807) is 23.1 Å². The van der Waals surface area contributed by atoms with Crippen molar-refractivity contribution in [3.8, 4) is 5.75 Å². The molecule has 1 aromatic rings. The van der Waals surface area contributed by atoms with Crippen molar-refractivity contribution in [3.63, 3.8) is 0 Å². The molecule has 2 amide bonds. The normalized spacial score (nSPS) is 18.7. The molecule has 2 heterocycles. The van der Waals surface area contributed by atoms with Gasteiger partial charge in [0.15, 0.2) is 0 Å². The number of carbonyl (C=O) groups is 2. The van der Waals surface area contributed by atoms with Gasteiger partial charge >= 0.3 is 0 Å². The molecule has 26 heavy (non-hydrogen) atoms. The number of nitrogens with zero attached hydrogens (tertiary/aromatic N) is 2. The Labute approximate surface area is 158 Å². The van der Waals surface area contributed by atoms with E-state index in [1.807, 2.05) is 4.90 Å². The van der Waals surface area contributed by atoms with Crippen LogP contribution < -0.4 is 4.74 Å². The van der Waals surface area contributed by atoms with E-state index in [-0.39, 0.29) is 17.9 Å². The summed E-state index contributed by atoms with van der Waals surface area (Å²) in [5.41, 5.74) is 0.546. The number of rotatable bonds is 4. The van der Waals surface area contributed by atoms with Crippen molar-refractivity contribution in [3.05, 3.63) is 28.8 Å². The van der Waals surface area contributed by atoms with Crippen LogP contribution in [0.2, 0.25) is 5.02 Å². The third-order valence-corrected chi connectivity index (χ3v) is 5.28. The second-order valence-corrected chi connectivity index (χ2v) is 7.29. The van der Waals surface area contributed by atoms with Gasteiger partial charge in [-0.1, -0.05) is 11.6 Å². The van der Waals surface area contributed by atoms with Crippen molar-refractivity contribution in [2.75, 3.05) is 32.8 Å². The summed E-state index contributed by atoms with van der Waals surface area (Å²) in [5, 5.41) is 9.49. The SMILES string of the molecule is O=C(CO)N1CCC(Oc2cc(Cl)ccc2C(=O)N2CCCCC2)CC1. The lowest BCUT2D eigenvalue weighted by molar-refractivity contribution is -0.135. The van der Waals surface area contributed by atoms with Crippen LogP contribution in [0, 0.1) is 0 Å². The van der Waals surface area contributed by atoms with Gasteiger partial charge in [-0.25, -0.2) is 0 Å². The Bertz CT molecular complexity index is 653. The Balaban J connectivity index is 1.68. The number of halogens is 1. The number of hydrogen-bond acceptors (Lipinski definition) is 4. The molecule has 0 bridgehead atoms. The molecule has 1 aromatic carbocycles. The van der Waals surface area contributed by atoms with E-state index in [0.717, 1.165) is 25.9 Å². The van der Waals surface area contributed by atoms with Crippen molar-refractivity contribution in [2.24, 2.45) is 0 Å². The fraction of sp³-hybridized carbons (Fsp3) is 0.579. The monoisotopic (exact) mass is 380 g/mol. The van der Waals surface area contributed by atoms with Crippen LogP contribution in [0.3, 0.4) is 0 Å². The molecular formula is C19H25ClN2O4. The fourth-order valence-electron chi connectivity index (χ4n) is 3.54. The van der Waals surface area contributed by atoms with Crippen LogP contribution >= 0.6 is 11.6 Å². The van der Waals surface area contributed by atoms with Gasteiger partial charge in [0.05, 0.1) is 5.56 Å². The van der Waals surface area contributed by atoms with Gasteiger partial charge in [0.25, 0.3) is 5.91 Å². The van der Waals surface area contributed by atoms with E-state index < -0.39 is 6.61 Å². The van der Waals surface area contributed by atoms with Gasteiger partial charge in [-0.15, -0.1) is 0 Å². The predicted octanol–water partition coefficient (Wildman–Crippen LogP) is 2.33. The lowest BCUT2D eigenvalue weighted by atomic mass is 10.1. The van der Waals surface area contributed by atoms with E-state index >= 15 is 0 Å². The highest BCUT2D eigenvalue weighted by Crippen LogP contribution is 2.28. The Morgan fingerprint density at radius 2 is 1.77 bits per heavy atom. The van der Waals surface area contributed by atoms with Gasteiger partial charge in [-0.3, -0.25) is 9.59 Å². The average Bonchev–Trinajstić information content (AvgIpc) is 2.68. The largest absolute Gasteiger partial charge is 0.489 e. The highest BCUT2D eigenvalue weighted by molar-refractivity contribution is 6.30. The van der Waals surface area contributed by atoms with E-state index in [2.05, 4.69) is 0 Å². The molecule has 2 aliphatic rings. The summed E-state index contributed by atoms with van der Waals surface area (Å²) in [5.74, 6) is 0.247. The molecule has 7 heteroatoms. The first-order chi connectivity index (χ1) is 12.6. The molecule has 6 nitrogen and oxygen atoms in total. The zero-order valence-electron chi connectivity index (χ0n) is 14.8. The van der Waals surface area contributed by atoms with Gasteiger partial charge in [-0.2, -0.15) is 0 Å². The van der Waals surface area contributed by atoms with Crippen LogP contribution in [-0.4, -0.2) is 65.6 Å². The van der Waals surface area contributed by atoms with Gasteiger partial charge in [-0.05, 0) is 37.5 Å². The lowest BCUT2D eigenvalue weighted by Gasteiger charge is -2.32. The molecule has 0 radical (unpaired) electrons. The number of likely N-dealkylation sites (tertiary alicyclic amines) is 2. The third kappa shape index (κ3) is 4.48. The molecule has 0 aliphatic carbocycles. The molecule has 1 N–H and O–H groups in total. The molecule has 2 fully saturated rings. The smallest absolute Gasteiger partial charge is 0.257 e. The van der Waals surface area contributed by atoms with Crippen molar-refractivity contribution in [1.29, 1.82) is 0 Å². The quantitative estimate of drug-likeness (QED) is 0.870. The number of benzene rings is 1. The van der Waals surface area contributed by atoms with Gasteiger partial charge in [0.2, 0.25) is 5.91 Å². The first kappa shape index (κ1) is 19.0. The summed E-state index contributed by atoms with van der Waals surface area (Å²) >= 11 is 6.12. The summed E-state index contributed by atoms with van der Waals surface area (Å²) < 4.78 is 6.11. The van der Waals surface area contributed by atoms with Crippen molar-refractivity contribution in [1.82, 2.24) is 9.80 Å². The van der Waals surface area contributed by atoms with Crippen LogP contribution in [0.4, 0.5) is 0 Å². The molecule has 2 saturated heterocycles. The molecule has 0 unspecified atom stereocenters. The second-order valence-electron chi connectivity index (χ2n) is 6.85. The highest BCUT2D eigenvalue weighted by Gasteiger charge is 2.26. The molecule has 3 rings (SSSR count). The van der Waals surface area contributed by atoms with Crippen molar-refractivity contribution in [2.45, 2.75) is 38.2 Å². The first-order valence-electron chi connectivity index (χ1n) is 9.22. The highest BCUT2D eigenvalue weighted by atomic mass is 35.5. The van der Waals surface area contributed by atoms with Crippen LogP contribution in [0.1, 0.15) is 42.5 Å². The molecular weight excluding hydrogens is 356 g/mol. The number of amides is 2. The Morgan fingerprint density at radius 1 is 1.08 bits per heavy atom. The van der Waals surface area contributed by atoms with Crippen LogP contribution in [-0.2, 0) is 4.79 Å². The number of ether oxygens (including phenoxy) is 1. The Hall–Kier alpha value is -1.79. The summed E-state index contributed by atoms with van der Waals surface area (Å²) in [7, 11) is 0. The minimum atomic E-state index is -0.464. The molecule has 2 aliphatic heterocycles. The number of aliphatic hydroxyl groups is 1. The predicted molar refractivity (Wildman–Crippen MR) is 98.5 cm³/mol. The maximum absolute atomic E-state index is 12.9. The standard InChI is InChI=1S/C19H25ClN2O4/c20-14-4-5-16(19(25)22-8-2-1-3-9-22)17(12-14)26-15-6-10-21(11-7-15)18(24)13-23/h4-5,12,15,23H,1-3,6-11,13H2. The summed E-state index contributed by atoms with van der Waals surface area (Å²) in [6, 6.07) is 5.15.